The van der Waals surface area contributed by atoms with Gasteiger partial charge in [0.05, 0.1) is 26.1 Å². The highest BCUT2D eigenvalue weighted by atomic mass is 31.0. The fourth-order valence-corrected chi connectivity index (χ4v) is 5.78. The second kappa shape index (κ2) is 11.6. The van der Waals surface area contributed by atoms with Gasteiger partial charge in [-0.25, -0.2) is 0 Å². The number of likely N-dealkylation sites (tertiary alicyclic amines) is 1. The zero-order valence-electron chi connectivity index (χ0n) is 22.1. The Morgan fingerprint density at radius 3 is 2.32 bits per heavy atom. The molecule has 0 bridgehead atoms. The summed E-state index contributed by atoms with van der Waals surface area (Å²) in [7, 11) is 1.83. The van der Waals surface area contributed by atoms with E-state index in [0.717, 1.165) is 42.3 Å². The van der Waals surface area contributed by atoms with Crippen molar-refractivity contribution in [1.29, 1.82) is 1.28 Å². The summed E-state index contributed by atoms with van der Waals surface area (Å²) in [6.45, 7) is 5.74. The van der Waals surface area contributed by atoms with Crippen molar-refractivity contribution >= 4 is 18.9 Å². The van der Waals surface area contributed by atoms with Crippen LogP contribution in [0.4, 0.5) is 0 Å². The number of rotatable bonds is 9. The molecule has 1 N–H and O–H groups in total. The van der Waals surface area contributed by atoms with Crippen molar-refractivity contribution in [1.82, 2.24) is 4.90 Å². The number of nitrogens with zero attached hydrogens (tertiary/aromatic N) is 1. The number of piperidine rings is 1. The smallest absolute Gasteiger partial charge is 0.134 e. The van der Waals surface area contributed by atoms with Crippen LogP contribution >= 0.6 is 18.9 Å². The molecule has 0 amide bonds. The Balaban J connectivity index is 1.42. The second-order valence-corrected chi connectivity index (χ2v) is 10.4. The molecule has 2 aliphatic heterocycles. The SMILES string of the molecule is [3H]POc1ccc2c(c1)OC(c1ccc(OCCN3CCCCC3)cc1)C(c1ccc(OP)cc1)C2(C)O. The Kier molecular flexibility index (Phi) is 7.81. The van der Waals surface area contributed by atoms with Crippen molar-refractivity contribution in [3.8, 4) is 23.0 Å². The van der Waals surface area contributed by atoms with Gasteiger partial charge in [0.25, 0.3) is 0 Å². The maximum atomic E-state index is 12.0. The van der Waals surface area contributed by atoms with Crippen LogP contribution in [-0.4, -0.2) is 37.5 Å². The van der Waals surface area contributed by atoms with Crippen LogP contribution in [-0.2, 0) is 5.60 Å². The van der Waals surface area contributed by atoms with Crippen molar-refractivity contribution in [2.75, 3.05) is 26.2 Å². The Morgan fingerprint density at radius 2 is 1.62 bits per heavy atom. The summed E-state index contributed by atoms with van der Waals surface area (Å²) < 4.78 is 30.7. The average molecular weight is 542 g/mol. The number of aliphatic hydroxyl groups is 1. The van der Waals surface area contributed by atoms with Gasteiger partial charge in [-0.05, 0) is 80.4 Å². The lowest BCUT2D eigenvalue weighted by molar-refractivity contribution is -0.0425. The van der Waals surface area contributed by atoms with Crippen molar-refractivity contribution in [2.45, 2.75) is 43.8 Å². The number of hydrogen-bond acceptors (Lipinski definition) is 6. The molecule has 196 valence electrons. The van der Waals surface area contributed by atoms with Gasteiger partial charge in [-0.15, -0.1) is 0 Å². The first kappa shape index (κ1) is 24.9. The van der Waals surface area contributed by atoms with E-state index in [-0.39, 0.29) is 5.92 Å². The second-order valence-electron chi connectivity index (χ2n) is 9.93. The fraction of sp³-hybridized carbons (Fsp3) is 0.379. The van der Waals surface area contributed by atoms with Crippen LogP contribution in [0.2, 0.25) is 0 Å². The maximum absolute atomic E-state index is 12.0. The third kappa shape index (κ3) is 5.73. The third-order valence-corrected chi connectivity index (χ3v) is 8.00. The minimum atomic E-state index is -1.23. The highest BCUT2D eigenvalue weighted by Crippen LogP contribution is 2.54. The highest BCUT2D eigenvalue weighted by Gasteiger charge is 2.47. The molecule has 3 aromatic carbocycles. The molecule has 1 fully saturated rings. The largest absolute Gasteiger partial charge is 0.492 e. The van der Waals surface area contributed by atoms with Gasteiger partial charge in [0.2, 0.25) is 0 Å². The lowest BCUT2D eigenvalue weighted by atomic mass is 9.71. The molecule has 5 unspecified atom stereocenters. The van der Waals surface area contributed by atoms with Gasteiger partial charge in [0.1, 0.15) is 41.3 Å². The number of hydrogen-bond donors (Lipinski definition) is 1. The van der Waals surface area contributed by atoms with Crippen LogP contribution in [0, 0.1) is 0 Å². The lowest BCUT2D eigenvalue weighted by Gasteiger charge is -2.44. The average Bonchev–Trinajstić information content (AvgIpc) is 2.94. The molecule has 2 heterocycles. The molecule has 0 aliphatic carbocycles. The van der Waals surface area contributed by atoms with Crippen LogP contribution in [0.15, 0.2) is 66.7 Å². The molecule has 5 rings (SSSR count). The van der Waals surface area contributed by atoms with E-state index in [9.17, 15) is 5.11 Å². The quantitative estimate of drug-likeness (QED) is 0.335. The van der Waals surface area contributed by atoms with Crippen LogP contribution in [0.5, 0.6) is 23.0 Å². The van der Waals surface area contributed by atoms with Gasteiger partial charge in [-0.2, -0.15) is 0 Å². The van der Waals surface area contributed by atoms with Gasteiger partial charge in [-0.1, -0.05) is 30.7 Å². The van der Waals surface area contributed by atoms with E-state index in [1.807, 2.05) is 61.5 Å². The summed E-state index contributed by atoms with van der Waals surface area (Å²) in [5.74, 6) is 2.25. The molecule has 1 saturated heterocycles. The Bertz CT molecular complexity index is 1200. The molecular weight excluding hydrogens is 504 g/mol. The summed E-state index contributed by atoms with van der Waals surface area (Å²) in [6, 6.07) is 21.0. The molecule has 37 heavy (non-hydrogen) atoms. The molecule has 6 nitrogen and oxygen atoms in total. The van der Waals surface area contributed by atoms with Crippen molar-refractivity contribution in [2.24, 2.45) is 0 Å². The third-order valence-electron chi connectivity index (χ3n) is 7.49. The molecule has 0 aromatic heterocycles. The summed E-state index contributed by atoms with van der Waals surface area (Å²) in [5, 5.41) is 12.0. The van der Waals surface area contributed by atoms with Crippen molar-refractivity contribution < 1.29 is 23.6 Å². The van der Waals surface area contributed by atoms with E-state index in [1.54, 1.807) is 12.1 Å². The summed E-state index contributed by atoms with van der Waals surface area (Å²) >= 11 is 0. The maximum Gasteiger partial charge on any atom is 0.134 e. The van der Waals surface area contributed by atoms with Crippen LogP contribution < -0.4 is 18.5 Å². The van der Waals surface area contributed by atoms with Crippen molar-refractivity contribution in [3.63, 3.8) is 0 Å². The van der Waals surface area contributed by atoms with Gasteiger partial charge in [-0.3, -0.25) is 4.90 Å². The molecular formula is C29H35NO5P2. The number of ether oxygens (including phenoxy) is 2. The number of benzene rings is 3. The monoisotopic (exact) mass is 541 g/mol. The Morgan fingerprint density at radius 1 is 0.946 bits per heavy atom. The predicted molar refractivity (Wildman–Crippen MR) is 151 cm³/mol. The Labute approximate surface area is 225 Å². The van der Waals surface area contributed by atoms with Gasteiger partial charge < -0.3 is 23.6 Å². The highest BCUT2D eigenvalue weighted by molar-refractivity contribution is 7.10. The van der Waals surface area contributed by atoms with Crippen LogP contribution in [0.1, 0.15) is 54.9 Å². The van der Waals surface area contributed by atoms with E-state index < -0.39 is 21.1 Å². The molecule has 0 spiro atoms. The van der Waals surface area contributed by atoms with E-state index >= 15 is 0 Å². The van der Waals surface area contributed by atoms with Crippen LogP contribution in [0.25, 0.3) is 0 Å². The van der Waals surface area contributed by atoms with E-state index in [0.29, 0.717) is 23.7 Å². The summed E-state index contributed by atoms with van der Waals surface area (Å²) in [4.78, 5) is 2.46. The minimum absolute atomic E-state index is 0.385. The van der Waals surface area contributed by atoms with Gasteiger partial charge >= 0.3 is 0 Å². The van der Waals surface area contributed by atoms with E-state index in [4.69, 9.17) is 19.8 Å². The molecule has 2 aliphatic rings. The van der Waals surface area contributed by atoms with Crippen molar-refractivity contribution in [3.05, 3.63) is 83.4 Å². The zero-order chi connectivity index (χ0) is 26.5. The van der Waals surface area contributed by atoms with E-state index in [1.165, 1.54) is 19.3 Å². The van der Waals surface area contributed by atoms with E-state index in [2.05, 4.69) is 14.4 Å². The fourth-order valence-electron chi connectivity index (χ4n) is 5.49. The molecule has 0 saturated carbocycles. The standard InChI is InChI=1S/C29H35NO5P2/c1-29(31)25-14-13-24(35-37)19-26(25)33-28(27(29)20-5-11-23(34-36)12-6-20)21-7-9-22(10-8-21)32-18-17-30-15-3-2-4-16-30/h5-14,19,27-28,31H,2-4,15-18,36-37H2,1H3/i37T. The molecule has 0 radical (unpaired) electrons. The topological polar surface area (TPSA) is 60.4 Å². The Hall–Kier alpha value is -2.36. The summed E-state index contributed by atoms with van der Waals surface area (Å²) in [5.41, 5.74) is 1.33. The molecule has 8 heteroatoms. The minimum Gasteiger partial charge on any atom is -0.492 e. The molecule has 3 aromatic rings. The predicted octanol–water partition coefficient (Wildman–Crippen LogP) is 6.01. The van der Waals surface area contributed by atoms with Crippen LogP contribution in [0.3, 0.4) is 0 Å². The first-order valence-electron chi connectivity index (χ1n) is 13.3. The lowest BCUT2D eigenvalue weighted by Crippen LogP contribution is -2.40. The summed E-state index contributed by atoms with van der Waals surface area (Å²) in [6.07, 6.45) is 3.41. The van der Waals surface area contributed by atoms with Gasteiger partial charge in [0, 0.05) is 18.2 Å². The van der Waals surface area contributed by atoms with Gasteiger partial charge in [0.15, 0.2) is 0 Å². The first-order chi connectivity index (χ1) is 18.5. The first-order valence-corrected chi connectivity index (χ1v) is 13.7. The number of fused-ring (bicyclic) bond motifs is 1. The zero-order valence-corrected chi connectivity index (χ0v) is 23.2. The normalized spacial score (nSPS) is 24.2. The molecule has 5 atom stereocenters.